The molecule has 0 aromatic carbocycles. The number of carbonyl (C=O) groups excluding carboxylic acids is 2. The van der Waals surface area contributed by atoms with E-state index in [4.69, 9.17) is 4.74 Å². The molecular formula is C10H14O3. The molecule has 0 radical (unpaired) electrons. The quantitative estimate of drug-likeness (QED) is 0.657. The van der Waals surface area contributed by atoms with Gasteiger partial charge >= 0.3 is 0 Å². The van der Waals surface area contributed by atoms with Gasteiger partial charge in [0.25, 0.3) is 0 Å². The van der Waals surface area contributed by atoms with Crippen molar-refractivity contribution in [3.63, 3.8) is 0 Å². The van der Waals surface area contributed by atoms with Crippen molar-refractivity contribution < 1.29 is 14.3 Å². The Morgan fingerprint density at radius 1 is 1.77 bits per heavy atom. The summed E-state index contributed by atoms with van der Waals surface area (Å²) in [6.45, 7) is 3.83. The Morgan fingerprint density at radius 3 is 3.00 bits per heavy atom. The van der Waals surface area contributed by atoms with E-state index in [1.807, 2.05) is 6.92 Å². The molecule has 3 heteroatoms. The Labute approximate surface area is 77.8 Å². The van der Waals surface area contributed by atoms with Crippen LogP contribution in [0.25, 0.3) is 0 Å². The number of rotatable bonds is 3. The molecule has 72 valence electrons. The first-order chi connectivity index (χ1) is 6.11. The Hall–Kier alpha value is -0.960. The van der Waals surface area contributed by atoms with Crippen LogP contribution in [0, 0.1) is 5.92 Å². The summed E-state index contributed by atoms with van der Waals surface area (Å²) in [5, 5.41) is 0. The van der Waals surface area contributed by atoms with Gasteiger partial charge in [0, 0.05) is 5.92 Å². The highest BCUT2D eigenvalue weighted by Crippen LogP contribution is 2.14. The standard InChI is InChI=1S/C10H14O3/c1-7(8(2)11)6-10-9(12)4-3-5-13-10/h3-4,7,10H,5-6H2,1-2H3/t7?,10-/m0/s1. The van der Waals surface area contributed by atoms with Crippen LogP contribution in [0.15, 0.2) is 12.2 Å². The van der Waals surface area contributed by atoms with Crippen LogP contribution >= 0.6 is 0 Å². The topological polar surface area (TPSA) is 43.4 Å². The van der Waals surface area contributed by atoms with Crippen molar-refractivity contribution in [2.75, 3.05) is 6.61 Å². The summed E-state index contributed by atoms with van der Waals surface area (Å²) in [7, 11) is 0. The largest absolute Gasteiger partial charge is 0.366 e. The minimum atomic E-state index is -0.413. The SMILES string of the molecule is CC(=O)C(C)C[C@@H]1OCC=CC1=O. The fourth-order valence-corrected chi connectivity index (χ4v) is 1.20. The zero-order valence-corrected chi connectivity index (χ0v) is 7.95. The lowest BCUT2D eigenvalue weighted by atomic mass is 9.97. The average molecular weight is 182 g/mol. The number of carbonyl (C=O) groups is 2. The summed E-state index contributed by atoms with van der Waals surface area (Å²) >= 11 is 0. The van der Waals surface area contributed by atoms with Crippen LogP contribution in [0.5, 0.6) is 0 Å². The molecule has 1 unspecified atom stereocenters. The van der Waals surface area contributed by atoms with Gasteiger partial charge in [0.15, 0.2) is 5.78 Å². The Bertz CT molecular complexity index is 243. The molecule has 0 aliphatic carbocycles. The van der Waals surface area contributed by atoms with Gasteiger partial charge in [0.2, 0.25) is 0 Å². The Morgan fingerprint density at radius 2 is 2.46 bits per heavy atom. The third-order valence-electron chi connectivity index (χ3n) is 2.25. The molecule has 13 heavy (non-hydrogen) atoms. The smallest absolute Gasteiger partial charge is 0.184 e. The maximum absolute atomic E-state index is 11.2. The molecule has 0 N–H and O–H groups in total. The Balaban J connectivity index is 2.49. The number of hydrogen-bond donors (Lipinski definition) is 0. The van der Waals surface area contributed by atoms with Crippen LogP contribution in [0.1, 0.15) is 20.3 Å². The average Bonchev–Trinajstić information content (AvgIpc) is 2.08. The summed E-state index contributed by atoms with van der Waals surface area (Å²) in [4.78, 5) is 22.2. The zero-order valence-electron chi connectivity index (χ0n) is 7.95. The van der Waals surface area contributed by atoms with E-state index >= 15 is 0 Å². The van der Waals surface area contributed by atoms with Crippen molar-refractivity contribution in [3.8, 4) is 0 Å². The van der Waals surface area contributed by atoms with Crippen molar-refractivity contribution in [3.05, 3.63) is 12.2 Å². The first-order valence-corrected chi connectivity index (χ1v) is 4.43. The van der Waals surface area contributed by atoms with Crippen molar-refractivity contribution in [2.24, 2.45) is 5.92 Å². The van der Waals surface area contributed by atoms with E-state index in [2.05, 4.69) is 0 Å². The molecule has 0 aromatic heterocycles. The van der Waals surface area contributed by atoms with Crippen LogP contribution in [-0.4, -0.2) is 24.3 Å². The highest BCUT2D eigenvalue weighted by molar-refractivity contribution is 5.94. The van der Waals surface area contributed by atoms with Crippen LogP contribution < -0.4 is 0 Å². The monoisotopic (exact) mass is 182 g/mol. The van der Waals surface area contributed by atoms with Gasteiger partial charge < -0.3 is 4.74 Å². The van der Waals surface area contributed by atoms with E-state index in [1.54, 1.807) is 6.08 Å². The van der Waals surface area contributed by atoms with E-state index < -0.39 is 6.10 Å². The molecule has 1 aliphatic rings. The van der Waals surface area contributed by atoms with Crippen molar-refractivity contribution in [1.82, 2.24) is 0 Å². The van der Waals surface area contributed by atoms with Crippen molar-refractivity contribution in [2.45, 2.75) is 26.4 Å². The van der Waals surface area contributed by atoms with Gasteiger partial charge in [-0.15, -0.1) is 0 Å². The molecule has 0 aromatic rings. The van der Waals surface area contributed by atoms with Crippen LogP contribution in [-0.2, 0) is 14.3 Å². The predicted octanol–water partition coefficient (Wildman–Crippen LogP) is 1.13. The van der Waals surface area contributed by atoms with Gasteiger partial charge in [-0.2, -0.15) is 0 Å². The summed E-state index contributed by atoms with van der Waals surface area (Å²) < 4.78 is 5.22. The zero-order chi connectivity index (χ0) is 9.84. The molecule has 0 saturated heterocycles. The fourth-order valence-electron chi connectivity index (χ4n) is 1.20. The second-order valence-electron chi connectivity index (χ2n) is 3.37. The second kappa shape index (κ2) is 4.33. The molecular weight excluding hydrogens is 168 g/mol. The van der Waals surface area contributed by atoms with E-state index in [0.717, 1.165) is 0 Å². The van der Waals surface area contributed by atoms with E-state index in [-0.39, 0.29) is 17.5 Å². The molecule has 0 amide bonds. The fraction of sp³-hybridized carbons (Fsp3) is 0.600. The molecule has 3 nitrogen and oxygen atoms in total. The molecule has 1 heterocycles. The van der Waals surface area contributed by atoms with Gasteiger partial charge in [-0.25, -0.2) is 0 Å². The Kier molecular flexibility index (Phi) is 3.37. The number of hydrogen-bond acceptors (Lipinski definition) is 3. The first-order valence-electron chi connectivity index (χ1n) is 4.43. The number of ether oxygens (including phenoxy) is 1. The predicted molar refractivity (Wildman–Crippen MR) is 48.3 cm³/mol. The van der Waals surface area contributed by atoms with Gasteiger partial charge in [-0.1, -0.05) is 13.0 Å². The minimum Gasteiger partial charge on any atom is -0.366 e. The summed E-state index contributed by atoms with van der Waals surface area (Å²) in [5.74, 6) is -0.0225. The highest BCUT2D eigenvalue weighted by Gasteiger charge is 2.23. The summed E-state index contributed by atoms with van der Waals surface area (Å²) in [5.41, 5.74) is 0. The van der Waals surface area contributed by atoms with Crippen molar-refractivity contribution in [1.29, 1.82) is 0 Å². The number of Topliss-reactive ketones (excluding diaryl/α,β-unsaturated/α-hetero) is 1. The maximum atomic E-state index is 11.2. The third-order valence-corrected chi connectivity index (χ3v) is 2.25. The highest BCUT2D eigenvalue weighted by atomic mass is 16.5. The van der Waals surface area contributed by atoms with E-state index in [1.165, 1.54) is 13.0 Å². The van der Waals surface area contributed by atoms with Crippen molar-refractivity contribution >= 4 is 11.6 Å². The molecule has 0 saturated carbocycles. The van der Waals surface area contributed by atoms with Crippen LogP contribution in [0.4, 0.5) is 0 Å². The minimum absolute atomic E-state index is 0.0284. The van der Waals surface area contributed by atoms with Gasteiger partial charge in [-0.3, -0.25) is 9.59 Å². The lowest BCUT2D eigenvalue weighted by Crippen LogP contribution is -2.29. The molecule has 0 fully saturated rings. The van der Waals surface area contributed by atoms with Gasteiger partial charge in [0.1, 0.15) is 11.9 Å². The molecule has 1 aliphatic heterocycles. The first kappa shape index (κ1) is 10.1. The van der Waals surface area contributed by atoms with Crippen LogP contribution in [0.2, 0.25) is 0 Å². The second-order valence-corrected chi connectivity index (χ2v) is 3.37. The normalized spacial score (nSPS) is 24.5. The lowest BCUT2D eigenvalue weighted by Gasteiger charge is -2.19. The van der Waals surface area contributed by atoms with Crippen LogP contribution in [0.3, 0.4) is 0 Å². The summed E-state index contributed by atoms with van der Waals surface area (Å²) in [6, 6.07) is 0. The third kappa shape index (κ3) is 2.77. The maximum Gasteiger partial charge on any atom is 0.184 e. The molecule has 0 bridgehead atoms. The molecule has 0 spiro atoms. The van der Waals surface area contributed by atoms with E-state index in [9.17, 15) is 9.59 Å². The number of ketones is 2. The van der Waals surface area contributed by atoms with Gasteiger partial charge in [-0.05, 0) is 19.4 Å². The lowest BCUT2D eigenvalue weighted by molar-refractivity contribution is -0.129. The summed E-state index contributed by atoms with van der Waals surface area (Å²) in [6.07, 6.45) is 3.31. The molecule has 1 rings (SSSR count). The van der Waals surface area contributed by atoms with Gasteiger partial charge in [0.05, 0.1) is 6.61 Å². The molecule has 2 atom stereocenters. The van der Waals surface area contributed by atoms with E-state index in [0.29, 0.717) is 13.0 Å².